The monoisotopic (exact) mass is 177 g/mol. The van der Waals surface area contributed by atoms with Crippen LogP contribution in [-0.2, 0) is 0 Å². The quantitative estimate of drug-likeness (QED) is 0.643. The summed E-state index contributed by atoms with van der Waals surface area (Å²) in [7, 11) is 1.49. The third kappa shape index (κ3) is 1.78. The highest BCUT2D eigenvalue weighted by molar-refractivity contribution is 5.49. The molecule has 0 aliphatic rings. The maximum atomic E-state index is 8.74. The van der Waals surface area contributed by atoms with Gasteiger partial charge in [-0.3, -0.25) is 0 Å². The number of benzene rings is 1. The standard InChI is InChI=1S/C9H11N3O/c1-13-8-6(5-10)3-2-4-7(8)9(11)12/h2-4,9H,11-12H2,1H3. The highest BCUT2D eigenvalue weighted by atomic mass is 16.5. The molecule has 68 valence electrons. The number of para-hydroxylation sites is 1. The molecule has 0 saturated carbocycles. The second-order valence-electron chi connectivity index (χ2n) is 2.57. The molecule has 0 unspecified atom stereocenters. The lowest BCUT2D eigenvalue weighted by Gasteiger charge is -2.12. The molecule has 0 saturated heterocycles. The Morgan fingerprint density at radius 3 is 2.62 bits per heavy atom. The maximum Gasteiger partial charge on any atom is 0.142 e. The van der Waals surface area contributed by atoms with Crippen molar-refractivity contribution < 1.29 is 4.74 Å². The Kier molecular flexibility index (Phi) is 2.85. The van der Waals surface area contributed by atoms with Gasteiger partial charge in [-0.25, -0.2) is 0 Å². The van der Waals surface area contributed by atoms with Crippen molar-refractivity contribution in [2.24, 2.45) is 11.5 Å². The molecule has 0 bridgehead atoms. The van der Waals surface area contributed by atoms with Crippen LogP contribution in [0.4, 0.5) is 0 Å². The number of nitriles is 1. The summed E-state index contributed by atoms with van der Waals surface area (Å²) in [6.45, 7) is 0. The van der Waals surface area contributed by atoms with Gasteiger partial charge in [0.1, 0.15) is 11.8 Å². The van der Waals surface area contributed by atoms with E-state index < -0.39 is 6.17 Å². The largest absolute Gasteiger partial charge is 0.495 e. The fraction of sp³-hybridized carbons (Fsp3) is 0.222. The van der Waals surface area contributed by atoms with Gasteiger partial charge in [0.25, 0.3) is 0 Å². The first kappa shape index (κ1) is 9.52. The molecule has 0 heterocycles. The number of hydrogen-bond donors (Lipinski definition) is 2. The third-order valence-corrected chi connectivity index (χ3v) is 1.73. The Hall–Kier alpha value is -1.57. The van der Waals surface area contributed by atoms with Crippen LogP contribution >= 0.6 is 0 Å². The Morgan fingerprint density at radius 2 is 2.15 bits per heavy atom. The summed E-state index contributed by atoms with van der Waals surface area (Å²) in [5.41, 5.74) is 12.1. The average molecular weight is 177 g/mol. The van der Waals surface area contributed by atoms with Crippen molar-refractivity contribution in [2.75, 3.05) is 7.11 Å². The van der Waals surface area contributed by atoms with E-state index in [0.717, 1.165) is 0 Å². The fourth-order valence-corrected chi connectivity index (χ4v) is 1.13. The zero-order chi connectivity index (χ0) is 9.84. The van der Waals surface area contributed by atoms with E-state index in [-0.39, 0.29) is 0 Å². The number of methoxy groups -OCH3 is 1. The number of nitrogens with zero attached hydrogens (tertiary/aromatic N) is 1. The van der Waals surface area contributed by atoms with Gasteiger partial charge in [0.15, 0.2) is 0 Å². The molecule has 13 heavy (non-hydrogen) atoms. The van der Waals surface area contributed by atoms with Crippen LogP contribution in [0.5, 0.6) is 5.75 Å². The fourth-order valence-electron chi connectivity index (χ4n) is 1.13. The minimum atomic E-state index is -0.622. The van der Waals surface area contributed by atoms with E-state index in [1.54, 1.807) is 18.2 Å². The molecule has 4 nitrogen and oxygen atoms in total. The number of ether oxygens (including phenoxy) is 1. The molecule has 0 aliphatic heterocycles. The van der Waals surface area contributed by atoms with E-state index in [1.165, 1.54) is 7.11 Å². The molecule has 0 aliphatic carbocycles. The Morgan fingerprint density at radius 1 is 1.46 bits per heavy atom. The summed E-state index contributed by atoms with van der Waals surface area (Å²) < 4.78 is 5.05. The molecule has 4 N–H and O–H groups in total. The Labute approximate surface area is 76.7 Å². The highest BCUT2D eigenvalue weighted by Crippen LogP contribution is 2.25. The second kappa shape index (κ2) is 3.90. The molecule has 0 radical (unpaired) electrons. The molecule has 0 aromatic heterocycles. The SMILES string of the molecule is COc1c(C#N)cccc1C(N)N. The van der Waals surface area contributed by atoms with E-state index in [1.807, 2.05) is 6.07 Å². The van der Waals surface area contributed by atoms with Gasteiger partial charge in [-0.15, -0.1) is 0 Å². The van der Waals surface area contributed by atoms with Gasteiger partial charge in [-0.1, -0.05) is 12.1 Å². The van der Waals surface area contributed by atoms with Gasteiger partial charge in [-0.05, 0) is 6.07 Å². The van der Waals surface area contributed by atoms with Crippen LogP contribution in [0.3, 0.4) is 0 Å². The van der Waals surface area contributed by atoms with E-state index in [4.69, 9.17) is 21.5 Å². The Balaban J connectivity index is 3.29. The summed E-state index contributed by atoms with van der Waals surface area (Å²) in [6, 6.07) is 7.13. The van der Waals surface area contributed by atoms with Gasteiger partial charge in [-0.2, -0.15) is 5.26 Å². The van der Waals surface area contributed by atoms with Gasteiger partial charge in [0.2, 0.25) is 0 Å². The topological polar surface area (TPSA) is 85.1 Å². The zero-order valence-corrected chi connectivity index (χ0v) is 7.32. The third-order valence-electron chi connectivity index (χ3n) is 1.73. The van der Waals surface area contributed by atoms with Gasteiger partial charge in [0, 0.05) is 5.56 Å². The van der Waals surface area contributed by atoms with Gasteiger partial charge < -0.3 is 16.2 Å². The first-order chi connectivity index (χ1) is 6.20. The summed E-state index contributed by atoms with van der Waals surface area (Å²) in [6.07, 6.45) is -0.622. The first-order valence-electron chi connectivity index (χ1n) is 3.79. The van der Waals surface area contributed by atoms with Crippen LogP contribution in [0.2, 0.25) is 0 Å². The van der Waals surface area contributed by atoms with Crippen molar-refractivity contribution in [1.82, 2.24) is 0 Å². The molecular formula is C9H11N3O. The van der Waals surface area contributed by atoms with E-state index in [9.17, 15) is 0 Å². The average Bonchev–Trinajstić information content (AvgIpc) is 2.16. The lowest BCUT2D eigenvalue weighted by molar-refractivity contribution is 0.405. The summed E-state index contributed by atoms with van der Waals surface area (Å²) in [5, 5.41) is 8.74. The first-order valence-corrected chi connectivity index (χ1v) is 3.79. The van der Waals surface area contributed by atoms with Crippen LogP contribution in [0, 0.1) is 11.3 Å². The Bertz CT molecular complexity index is 341. The van der Waals surface area contributed by atoms with E-state index in [0.29, 0.717) is 16.9 Å². The molecular weight excluding hydrogens is 166 g/mol. The second-order valence-corrected chi connectivity index (χ2v) is 2.57. The van der Waals surface area contributed by atoms with E-state index in [2.05, 4.69) is 0 Å². The molecule has 0 spiro atoms. The molecule has 0 amide bonds. The van der Waals surface area contributed by atoms with Crippen LogP contribution in [-0.4, -0.2) is 7.11 Å². The lowest BCUT2D eigenvalue weighted by atomic mass is 10.1. The van der Waals surface area contributed by atoms with Crippen LogP contribution in [0.25, 0.3) is 0 Å². The van der Waals surface area contributed by atoms with Crippen molar-refractivity contribution >= 4 is 0 Å². The number of hydrogen-bond acceptors (Lipinski definition) is 4. The van der Waals surface area contributed by atoms with Crippen molar-refractivity contribution in [2.45, 2.75) is 6.17 Å². The summed E-state index contributed by atoms with van der Waals surface area (Å²) in [5.74, 6) is 0.458. The summed E-state index contributed by atoms with van der Waals surface area (Å²) in [4.78, 5) is 0. The number of rotatable bonds is 2. The normalized spacial score (nSPS) is 9.77. The van der Waals surface area contributed by atoms with Crippen LogP contribution in [0.1, 0.15) is 17.3 Å². The minimum absolute atomic E-state index is 0.445. The molecule has 0 fully saturated rings. The van der Waals surface area contributed by atoms with Crippen LogP contribution < -0.4 is 16.2 Å². The lowest BCUT2D eigenvalue weighted by Crippen LogP contribution is -2.21. The molecule has 1 rings (SSSR count). The summed E-state index contributed by atoms with van der Waals surface area (Å²) >= 11 is 0. The number of nitrogens with two attached hydrogens (primary N) is 2. The van der Waals surface area contributed by atoms with Crippen molar-refractivity contribution in [1.29, 1.82) is 5.26 Å². The van der Waals surface area contributed by atoms with Crippen molar-refractivity contribution in [3.8, 4) is 11.8 Å². The molecule has 0 atom stereocenters. The van der Waals surface area contributed by atoms with Crippen molar-refractivity contribution in [3.05, 3.63) is 29.3 Å². The van der Waals surface area contributed by atoms with Gasteiger partial charge in [0.05, 0.1) is 18.8 Å². The smallest absolute Gasteiger partial charge is 0.142 e. The highest BCUT2D eigenvalue weighted by Gasteiger charge is 2.11. The molecule has 1 aromatic carbocycles. The predicted molar refractivity (Wildman–Crippen MR) is 48.8 cm³/mol. The van der Waals surface area contributed by atoms with Gasteiger partial charge >= 0.3 is 0 Å². The zero-order valence-electron chi connectivity index (χ0n) is 7.32. The van der Waals surface area contributed by atoms with E-state index >= 15 is 0 Å². The predicted octanol–water partition coefficient (Wildman–Crippen LogP) is 0.483. The molecule has 1 aromatic rings. The van der Waals surface area contributed by atoms with Crippen molar-refractivity contribution in [3.63, 3.8) is 0 Å². The molecule has 4 heteroatoms. The maximum absolute atomic E-state index is 8.74. The minimum Gasteiger partial charge on any atom is -0.495 e. The van der Waals surface area contributed by atoms with Crippen LogP contribution in [0.15, 0.2) is 18.2 Å².